The van der Waals surface area contributed by atoms with Gasteiger partial charge in [0, 0.05) is 11.3 Å². The minimum absolute atomic E-state index is 0.131. The van der Waals surface area contributed by atoms with Crippen molar-refractivity contribution in [2.75, 3.05) is 25.1 Å². The summed E-state index contributed by atoms with van der Waals surface area (Å²) in [5.74, 6) is 1.30. The van der Waals surface area contributed by atoms with Crippen molar-refractivity contribution < 1.29 is 14.8 Å². The van der Waals surface area contributed by atoms with Gasteiger partial charge in [-0.2, -0.15) is 5.26 Å². The normalized spacial score (nSPS) is 11.0. The van der Waals surface area contributed by atoms with Gasteiger partial charge in [-0.25, -0.2) is 4.98 Å². The highest BCUT2D eigenvalue weighted by molar-refractivity contribution is 7.99. The first-order valence-electron chi connectivity index (χ1n) is 8.87. The first kappa shape index (κ1) is 21.3. The Bertz CT molecular complexity index is 933. The Balaban J connectivity index is 2.69. The molecular weight excluding hydrogens is 372 g/mol. The number of nitrogens with zero attached hydrogens (tertiary/aromatic N) is 2. The van der Waals surface area contributed by atoms with Crippen molar-refractivity contribution in [3.63, 3.8) is 0 Å². The molecule has 0 unspecified atom stereocenters. The van der Waals surface area contributed by atoms with Crippen molar-refractivity contribution in [3.8, 4) is 22.9 Å². The number of ether oxygens (including phenoxy) is 1. The Labute approximate surface area is 169 Å². The van der Waals surface area contributed by atoms with Gasteiger partial charge >= 0.3 is 0 Å². The third-order valence-electron chi connectivity index (χ3n) is 4.13. The smallest absolute Gasteiger partial charge is 0.173 e. The second kappa shape index (κ2) is 9.81. The zero-order valence-corrected chi connectivity index (χ0v) is 17.1. The topological polar surface area (TPSA) is 106 Å². The van der Waals surface area contributed by atoms with Gasteiger partial charge < -0.3 is 15.6 Å². The number of nitrogen functional groups attached to an aromatic ring is 1. The predicted octanol–water partition coefficient (Wildman–Crippen LogP) is 2.41. The molecule has 7 heteroatoms. The monoisotopic (exact) mass is 397 g/mol. The molecule has 2 aromatic rings. The molecule has 2 rings (SSSR count). The Hall–Kier alpha value is -2.98. The molecule has 0 aliphatic heterocycles. The van der Waals surface area contributed by atoms with Crippen LogP contribution in [0.3, 0.4) is 0 Å². The molecule has 0 radical (unpaired) electrons. The molecule has 1 aromatic carbocycles. The van der Waals surface area contributed by atoms with Crippen molar-refractivity contribution in [3.05, 3.63) is 47.7 Å². The SMILES string of the molecule is C=COCCSc1nc(N)c(C=[NH+]C)c(-c2ccc(O)c(C(C)C)c2)c1C#N. The van der Waals surface area contributed by atoms with Gasteiger partial charge in [-0.3, -0.25) is 4.99 Å². The average Bonchev–Trinajstić information content (AvgIpc) is 2.67. The fourth-order valence-corrected chi connectivity index (χ4v) is 3.66. The summed E-state index contributed by atoms with van der Waals surface area (Å²) in [6, 6.07) is 7.62. The highest BCUT2D eigenvalue weighted by Crippen LogP contribution is 2.37. The molecule has 0 saturated carbocycles. The zero-order chi connectivity index (χ0) is 20.7. The predicted molar refractivity (Wildman–Crippen MR) is 113 cm³/mol. The number of nitriles is 1. The summed E-state index contributed by atoms with van der Waals surface area (Å²) in [6.07, 6.45) is 3.11. The summed E-state index contributed by atoms with van der Waals surface area (Å²) in [5.41, 5.74) is 9.62. The van der Waals surface area contributed by atoms with Crippen LogP contribution in [-0.2, 0) is 4.74 Å². The lowest BCUT2D eigenvalue weighted by molar-refractivity contribution is -0.413. The van der Waals surface area contributed by atoms with Crippen LogP contribution in [0.15, 0.2) is 36.1 Å². The largest absolute Gasteiger partial charge is 0.508 e. The van der Waals surface area contributed by atoms with E-state index < -0.39 is 0 Å². The van der Waals surface area contributed by atoms with Crippen LogP contribution in [0, 0.1) is 11.3 Å². The van der Waals surface area contributed by atoms with E-state index in [9.17, 15) is 10.4 Å². The fraction of sp³-hybridized carbons (Fsp3) is 0.286. The van der Waals surface area contributed by atoms with E-state index in [2.05, 4.69) is 22.6 Å². The van der Waals surface area contributed by atoms with Gasteiger partial charge in [0.2, 0.25) is 0 Å². The number of phenolic OH excluding ortho intramolecular Hbond substituents is 1. The van der Waals surface area contributed by atoms with Crippen molar-refractivity contribution in [2.24, 2.45) is 0 Å². The highest BCUT2D eigenvalue weighted by atomic mass is 32.2. The van der Waals surface area contributed by atoms with E-state index in [1.54, 1.807) is 25.4 Å². The quantitative estimate of drug-likeness (QED) is 0.273. The molecule has 28 heavy (non-hydrogen) atoms. The maximum absolute atomic E-state index is 10.2. The van der Waals surface area contributed by atoms with Crippen LogP contribution in [0.1, 0.15) is 36.5 Å². The molecule has 0 amide bonds. The van der Waals surface area contributed by atoms with E-state index in [-0.39, 0.29) is 11.7 Å². The molecule has 4 N–H and O–H groups in total. The molecule has 146 valence electrons. The van der Waals surface area contributed by atoms with Crippen LogP contribution in [0.5, 0.6) is 5.75 Å². The van der Waals surface area contributed by atoms with Gasteiger partial charge in [-0.1, -0.05) is 26.5 Å². The summed E-state index contributed by atoms with van der Waals surface area (Å²) >= 11 is 1.40. The molecule has 0 spiro atoms. The van der Waals surface area contributed by atoms with Crippen molar-refractivity contribution in [1.29, 1.82) is 5.26 Å². The second-order valence-electron chi connectivity index (χ2n) is 6.32. The molecule has 0 atom stereocenters. The lowest BCUT2D eigenvalue weighted by atomic mass is 9.92. The van der Waals surface area contributed by atoms with E-state index in [4.69, 9.17) is 10.5 Å². The molecule has 1 aromatic heterocycles. The number of hydrogen-bond acceptors (Lipinski definition) is 6. The highest BCUT2D eigenvalue weighted by Gasteiger charge is 2.22. The Morgan fingerprint density at radius 2 is 2.21 bits per heavy atom. The van der Waals surface area contributed by atoms with Crippen LogP contribution in [-0.4, -0.2) is 35.7 Å². The van der Waals surface area contributed by atoms with Crippen molar-refractivity contribution >= 4 is 23.8 Å². The number of nitrogens with two attached hydrogens (primary N) is 1. The number of nitrogens with one attached hydrogen (secondary N) is 1. The molecule has 0 aliphatic rings. The van der Waals surface area contributed by atoms with E-state index in [0.29, 0.717) is 39.9 Å². The molecule has 0 bridgehead atoms. The third-order valence-corrected chi connectivity index (χ3v) is 5.07. The van der Waals surface area contributed by atoms with Crippen LogP contribution in [0.2, 0.25) is 0 Å². The molecule has 0 aliphatic carbocycles. The van der Waals surface area contributed by atoms with Crippen LogP contribution >= 0.6 is 11.8 Å². The maximum Gasteiger partial charge on any atom is 0.173 e. The number of anilines is 1. The Morgan fingerprint density at radius 3 is 2.82 bits per heavy atom. The lowest BCUT2D eigenvalue weighted by Crippen LogP contribution is -2.63. The lowest BCUT2D eigenvalue weighted by Gasteiger charge is -2.16. The molecule has 0 saturated heterocycles. The molecule has 0 fully saturated rings. The van der Waals surface area contributed by atoms with Crippen LogP contribution in [0.4, 0.5) is 5.82 Å². The minimum atomic E-state index is 0.131. The van der Waals surface area contributed by atoms with Gasteiger partial charge in [0.05, 0.1) is 24.0 Å². The minimum Gasteiger partial charge on any atom is -0.508 e. The summed E-state index contributed by atoms with van der Waals surface area (Å²) in [5, 5.41) is 20.6. The van der Waals surface area contributed by atoms with E-state index in [1.165, 1.54) is 18.0 Å². The summed E-state index contributed by atoms with van der Waals surface area (Å²) < 4.78 is 5.15. The van der Waals surface area contributed by atoms with Crippen molar-refractivity contribution in [1.82, 2.24) is 4.98 Å². The standard InChI is InChI=1S/C21H24N4O2S/c1-5-27-8-9-28-21-16(11-22)19(17(12-24-4)20(23)25-21)14-6-7-18(26)15(10-14)13(2)3/h5-7,10,12-13,26H,1,8-9H2,2-4H3,(H2,23,25)/p+1. The summed E-state index contributed by atoms with van der Waals surface area (Å²) in [7, 11) is 1.76. The van der Waals surface area contributed by atoms with Gasteiger partial charge in [0.25, 0.3) is 0 Å². The number of rotatable bonds is 8. The Kier molecular flexibility index (Phi) is 7.47. The number of benzene rings is 1. The van der Waals surface area contributed by atoms with Crippen molar-refractivity contribution in [2.45, 2.75) is 24.8 Å². The first-order chi connectivity index (χ1) is 13.4. The van der Waals surface area contributed by atoms with Gasteiger partial charge in [0.15, 0.2) is 6.21 Å². The number of hydrogen-bond donors (Lipinski definition) is 3. The van der Waals surface area contributed by atoms with Gasteiger partial charge in [-0.05, 0) is 29.2 Å². The number of pyridine rings is 1. The number of thioether (sulfide) groups is 1. The third kappa shape index (κ3) is 4.65. The summed E-state index contributed by atoms with van der Waals surface area (Å²) in [4.78, 5) is 7.41. The zero-order valence-electron chi connectivity index (χ0n) is 16.3. The average molecular weight is 398 g/mol. The maximum atomic E-state index is 10.2. The summed E-state index contributed by atoms with van der Waals surface area (Å²) in [6.45, 7) is 7.99. The number of aromatic nitrogens is 1. The molecule has 1 heterocycles. The van der Waals surface area contributed by atoms with E-state index in [1.807, 2.05) is 19.9 Å². The van der Waals surface area contributed by atoms with E-state index in [0.717, 1.165) is 11.1 Å². The van der Waals surface area contributed by atoms with Gasteiger partial charge in [-0.15, -0.1) is 11.8 Å². The first-order valence-corrected chi connectivity index (χ1v) is 9.85. The fourth-order valence-electron chi connectivity index (χ4n) is 2.84. The number of phenols is 1. The van der Waals surface area contributed by atoms with Gasteiger partial charge in [0.1, 0.15) is 29.7 Å². The van der Waals surface area contributed by atoms with E-state index >= 15 is 0 Å². The molecular formula is C21H25N4O2S+. The van der Waals surface area contributed by atoms with Crippen LogP contribution in [0.25, 0.3) is 11.1 Å². The Morgan fingerprint density at radius 1 is 1.46 bits per heavy atom. The second-order valence-corrected chi connectivity index (χ2v) is 7.41. The van der Waals surface area contributed by atoms with Crippen LogP contribution < -0.4 is 10.7 Å². The molecule has 6 nitrogen and oxygen atoms in total. The number of aromatic hydroxyl groups is 1.